The van der Waals surface area contributed by atoms with Gasteiger partial charge in [-0.05, 0) is 38.5 Å². The van der Waals surface area contributed by atoms with E-state index in [0.717, 1.165) is 6.42 Å². The minimum atomic E-state index is -1.13. The summed E-state index contributed by atoms with van der Waals surface area (Å²) in [6.45, 7) is 4.29. The monoisotopic (exact) mass is 319 g/mol. The fourth-order valence-corrected chi connectivity index (χ4v) is 2.31. The van der Waals surface area contributed by atoms with Crippen molar-refractivity contribution in [3.05, 3.63) is 24.3 Å². The first-order valence-corrected chi connectivity index (χ1v) is 7.48. The summed E-state index contributed by atoms with van der Waals surface area (Å²) in [4.78, 5) is 36.6. The summed E-state index contributed by atoms with van der Waals surface area (Å²) in [5.74, 6) is -1.40. The van der Waals surface area contributed by atoms with Gasteiger partial charge in [0.25, 0.3) is 0 Å². The summed E-state index contributed by atoms with van der Waals surface area (Å²) in [7, 11) is 0. The molecule has 0 spiro atoms. The number of nitrogens with zero attached hydrogens (tertiary/aromatic N) is 1. The molecule has 0 bridgehead atoms. The average Bonchev–Trinajstić information content (AvgIpc) is 2.47. The number of carbonyl (C=O) groups excluding carboxylic acids is 2. The van der Waals surface area contributed by atoms with Crippen LogP contribution in [0, 0.1) is 5.41 Å². The zero-order valence-electron chi connectivity index (χ0n) is 13.3. The Bertz CT molecular complexity index is 628. The minimum absolute atomic E-state index is 0.128. The second-order valence-electron chi connectivity index (χ2n) is 6.20. The van der Waals surface area contributed by atoms with Gasteiger partial charge in [0.05, 0.1) is 5.41 Å². The van der Waals surface area contributed by atoms with Crippen LogP contribution in [0.1, 0.15) is 26.7 Å². The number of carboxylic acid groups (broad SMARTS) is 1. The van der Waals surface area contributed by atoms with Crippen LogP contribution in [0.2, 0.25) is 0 Å². The molecule has 3 N–H and O–H groups in total. The first kappa shape index (κ1) is 16.8. The van der Waals surface area contributed by atoms with Crippen molar-refractivity contribution in [2.45, 2.75) is 26.7 Å². The number of benzene rings is 1. The molecule has 0 radical (unpaired) electrons. The molecular formula is C16H21N3O4. The molecule has 1 aliphatic heterocycles. The van der Waals surface area contributed by atoms with Crippen molar-refractivity contribution < 1.29 is 19.5 Å². The van der Waals surface area contributed by atoms with E-state index < -0.39 is 11.4 Å². The van der Waals surface area contributed by atoms with Crippen LogP contribution < -0.4 is 15.5 Å². The van der Waals surface area contributed by atoms with Crippen LogP contribution in [0.25, 0.3) is 0 Å². The maximum absolute atomic E-state index is 12.0. The molecule has 0 atom stereocenters. The molecule has 1 saturated heterocycles. The van der Waals surface area contributed by atoms with Gasteiger partial charge in [0.2, 0.25) is 5.91 Å². The zero-order chi connectivity index (χ0) is 17.0. The number of carbonyl (C=O) groups is 3. The third-order valence-corrected chi connectivity index (χ3v) is 3.70. The second-order valence-corrected chi connectivity index (χ2v) is 6.20. The van der Waals surface area contributed by atoms with Gasteiger partial charge in [-0.15, -0.1) is 0 Å². The summed E-state index contributed by atoms with van der Waals surface area (Å²) < 4.78 is 0. The van der Waals surface area contributed by atoms with E-state index >= 15 is 0 Å². The average molecular weight is 319 g/mol. The van der Waals surface area contributed by atoms with Crippen molar-refractivity contribution in [1.29, 1.82) is 0 Å². The number of urea groups is 1. The lowest BCUT2D eigenvalue weighted by atomic mass is 9.89. The van der Waals surface area contributed by atoms with Gasteiger partial charge in [-0.3, -0.25) is 14.5 Å². The maximum atomic E-state index is 12.0. The van der Waals surface area contributed by atoms with Crippen molar-refractivity contribution in [3.63, 3.8) is 0 Å². The lowest BCUT2D eigenvalue weighted by Crippen LogP contribution is -2.46. The third-order valence-electron chi connectivity index (χ3n) is 3.70. The van der Waals surface area contributed by atoms with E-state index in [1.54, 1.807) is 29.2 Å². The standard InChI is InChI=1S/C16H21N3O4/c1-16(2,14(21)22)10-13(20)18-11-5-3-6-12(9-11)19-8-4-7-17-15(19)23/h3,5-6,9H,4,7-8,10H2,1-2H3,(H,17,23)(H,18,20)(H,21,22). The Morgan fingerprint density at radius 1 is 1.39 bits per heavy atom. The zero-order valence-corrected chi connectivity index (χ0v) is 13.3. The third kappa shape index (κ3) is 4.21. The Morgan fingerprint density at radius 3 is 2.78 bits per heavy atom. The summed E-state index contributed by atoms with van der Waals surface area (Å²) in [6, 6.07) is 6.79. The molecular weight excluding hydrogens is 298 g/mol. The Morgan fingerprint density at radius 2 is 2.13 bits per heavy atom. The summed E-state index contributed by atoms with van der Waals surface area (Å²) >= 11 is 0. The SMILES string of the molecule is CC(C)(CC(=O)Nc1cccc(N2CCCNC2=O)c1)C(=O)O. The van der Waals surface area contributed by atoms with Crippen molar-refractivity contribution in [2.24, 2.45) is 5.41 Å². The Labute approximate surface area is 134 Å². The van der Waals surface area contributed by atoms with Gasteiger partial charge in [0, 0.05) is 30.9 Å². The van der Waals surface area contributed by atoms with Gasteiger partial charge >= 0.3 is 12.0 Å². The molecule has 3 amide bonds. The summed E-state index contributed by atoms with van der Waals surface area (Å²) in [6.07, 6.45) is 0.728. The van der Waals surface area contributed by atoms with Crippen molar-refractivity contribution >= 4 is 29.3 Å². The normalized spacial score (nSPS) is 15.0. The molecule has 124 valence electrons. The molecule has 0 saturated carbocycles. The smallest absolute Gasteiger partial charge is 0.321 e. The fraction of sp³-hybridized carbons (Fsp3) is 0.438. The predicted molar refractivity (Wildman–Crippen MR) is 86.5 cm³/mol. The van der Waals surface area contributed by atoms with Crippen LogP contribution in [-0.2, 0) is 9.59 Å². The highest BCUT2D eigenvalue weighted by molar-refractivity contribution is 5.96. The summed E-state index contributed by atoms with van der Waals surface area (Å²) in [5.41, 5.74) is 0.0959. The lowest BCUT2D eigenvalue weighted by Gasteiger charge is -2.27. The van der Waals surface area contributed by atoms with E-state index in [1.807, 2.05) is 0 Å². The van der Waals surface area contributed by atoms with Gasteiger partial charge in [-0.25, -0.2) is 4.79 Å². The van der Waals surface area contributed by atoms with Crippen LogP contribution in [0.5, 0.6) is 0 Å². The van der Waals surface area contributed by atoms with Crippen LogP contribution in [0.4, 0.5) is 16.2 Å². The molecule has 1 aromatic carbocycles. The molecule has 2 rings (SSSR count). The predicted octanol–water partition coefficient (Wildman–Crippen LogP) is 2.05. The van der Waals surface area contributed by atoms with Crippen LogP contribution in [0.15, 0.2) is 24.3 Å². The van der Waals surface area contributed by atoms with E-state index in [-0.39, 0.29) is 18.4 Å². The highest BCUT2D eigenvalue weighted by Gasteiger charge is 2.30. The lowest BCUT2D eigenvalue weighted by molar-refractivity contribution is -0.148. The molecule has 0 aliphatic carbocycles. The fourth-order valence-electron chi connectivity index (χ4n) is 2.31. The number of anilines is 2. The first-order valence-electron chi connectivity index (χ1n) is 7.48. The van der Waals surface area contributed by atoms with Gasteiger partial charge in [-0.1, -0.05) is 6.07 Å². The highest BCUT2D eigenvalue weighted by atomic mass is 16.4. The number of carboxylic acids is 1. The van der Waals surface area contributed by atoms with E-state index in [9.17, 15) is 14.4 Å². The topological polar surface area (TPSA) is 98.7 Å². The van der Waals surface area contributed by atoms with E-state index in [4.69, 9.17) is 5.11 Å². The number of rotatable bonds is 5. The molecule has 7 nitrogen and oxygen atoms in total. The second kappa shape index (κ2) is 6.68. The number of amides is 3. The van der Waals surface area contributed by atoms with Crippen LogP contribution >= 0.6 is 0 Å². The molecule has 1 fully saturated rings. The quantitative estimate of drug-likeness (QED) is 0.773. The highest BCUT2D eigenvalue weighted by Crippen LogP contribution is 2.24. The van der Waals surface area contributed by atoms with Gasteiger partial charge in [0.1, 0.15) is 0 Å². The molecule has 1 aromatic rings. The molecule has 0 aromatic heterocycles. The molecule has 1 heterocycles. The minimum Gasteiger partial charge on any atom is -0.481 e. The van der Waals surface area contributed by atoms with E-state index in [2.05, 4.69) is 10.6 Å². The van der Waals surface area contributed by atoms with E-state index in [1.165, 1.54) is 13.8 Å². The van der Waals surface area contributed by atoms with Gasteiger partial charge in [0.15, 0.2) is 0 Å². The Kier molecular flexibility index (Phi) is 4.88. The summed E-state index contributed by atoms with van der Waals surface area (Å²) in [5, 5.41) is 14.5. The van der Waals surface area contributed by atoms with Crippen LogP contribution in [-0.4, -0.2) is 36.1 Å². The van der Waals surface area contributed by atoms with Crippen molar-refractivity contribution in [3.8, 4) is 0 Å². The number of aliphatic carboxylic acids is 1. The molecule has 0 unspecified atom stereocenters. The molecule has 23 heavy (non-hydrogen) atoms. The molecule has 7 heteroatoms. The van der Waals surface area contributed by atoms with Gasteiger partial charge in [-0.2, -0.15) is 0 Å². The Hall–Kier alpha value is -2.57. The van der Waals surface area contributed by atoms with Gasteiger partial charge < -0.3 is 15.7 Å². The number of nitrogens with one attached hydrogen (secondary N) is 2. The van der Waals surface area contributed by atoms with E-state index in [0.29, 0.717) is 24.5 Å². The number of hydrogen-bond donors (Lipinski definition) is 3. The van der Waals surface area contributed by atoms with Crippen LogP contribution in [0.3, 0.4) is 0 Å². The number of hydrogen-bond acceptors (Lipinski definition) is 3. The molecule has 1 aliphatic rings. The first-order chi connectivity index (χ1) is 10.8. The maximum Gasteiger partial charge on any atom is 0.321 e. The Balaban J connectivity index is 2.06. The largest absolute Gasteiger partial charge is 0.481 e. The van der Waals surface area contributed by atoms with Crippen molar-refractivity contribution in [2.75, 3.05) is 23.3 Å². The van der Waals surface area contributed by atoms with Crippen molar-refractivity contribution in [1.82, 2.24) is 5.32 Å².